The molecule has 1 aromatic carbocycles. The summed E-state index contributed by atoms with van der Waals surface area (Å²) in [5, 5.41) is 3.88. The Morgan fingerprint density at radius 3 is 2.55 bits per heavy atom. The number of Topliss-reactive ketones (excluding diaryl/α,β-unsaturated/α-hetero) is 1. The molecule has 0 atom stereocenters. The zero-order chi connectivity index (χ0) is 20.6. The first-order valence-electron chi connectivity index (χ1n) is 9.58. The molecule has 0 bridgehead atoms. The van der Waals surface area contributed by atoms with E-state index in [-0.39, 0.29) is 30.4 Å². The number of nitrogens with zero attached hydrogens (tertiary/aromatic N) is 2. The van der Waals surface area contributed by atoms with Gasteiger partial charge in [-0.05, 0) is 12.1 Å². The van der Waals surface area contributed by atoms with Crippen LogP contribution >= 0.6 is 0 Å². The van der Waals surface area contributed by atoms with E-state index in [4.69, 9.17) is 14.2 Å². The van der Waals surface area contributed by atoms with E-state index in [0.29, 0.717) is 60.9 Å². The van der Waals surface area contributed by atoms with E-state index in [1.54, 1.807) is 17.0 Å². The summed E-state index contributed by atoms with van der Waals surface area (Å²) in [4.78, 5) is 38.4. The Morgan fingerprint density at radius 2 is 1.93 bits per heavy atom. The van der Waals surface area contributed by atoms with Crippen molar-refractivity contribution in [2.75, 3.05) is 27.3 Å². The molecule has 3 aliphatic rings. The molecule has 0 saturated carbocycles. The van der Waals surface area contributed by atoms with Crippen LogP contribution in [0.4, 0.5) is 0 Å². The summed E-state index contributed by atoms with van der Waals surface area (Å²) in [7, 11) is 3.05. The molecule has 154 valence electrons. The lowest BCUT2D eigenvalue weighted by atomic mass is 9.82. The molecule has 1 aromatic rings. The Bertz CT molecular complexity index is 902. The lowest BCUT2D eigenvalue weighted by molar-refractivity contribution is -0.128. The molecule has 1 spiro atoms. The van der Waals surface area contributed by atoms with E-state index < -0.39 is 5.60 Å². The van der Waals surface area contributed by atoms with Gasteiger partial charge < -0.3 is 19.1 Å². The summed E-state index contributed by atoms with van der Waals surface area (Å²) >= 11 is 0. The fraction of sp³-hybridized carbons (Fsp3) is 0.500. The minimum Gasteiger partial charge on any atom is -0.493 e. The van der Waals surface area contributed by atoms with Crippen molar-refractivity contribution in [1.82, 2.24) is 10.3 Å². The van der Waals surface area contributed by atoms with E-state index >= 15 is 0 Å². The molecule has 1 N–H and O–H groups in total. The third-order valence-corrected chi connectivity index (χ3v) is 5.71. The monoisotopic (exact) mass is 401 g/mol. The second-order valence-electron chi connectivity index (χ2n) is 7.45. The van der Waals surface area contributed by atoms with Crippen molar-refractivity contribution < 1.29 is 28.6 Å². The maximum atomic E-state index is 12.8. The number of benzene rings is 1. The van der Waals surface area contributed by atoms with E-state index in [0.717, 1.165) is 0 Å². The van der Waals surface area contributed by atoms with Gasteiger partial charge in [-0.1, -0.05) is 0 Å². The summed E-state index contributed by atoms with van der Waals surface area (Å²) in [5.74, 6) is 0.941. The number of carbonyl (C=O) groups excluding carboxylic acids is 3. The molecule has 2 amide bonds. The van der Waals surface area contributed by atoms with Crippen molar-refractivity contribution in [2.45, 2.75) is 37.7 Å². The molecule has 3 aliphatic heterocycles. The summed E-state index contributed by atoms with van der Waals surface area (Å²) in [6.07, 6.45) is 1.90. The third kappa shape index (κ3) is 3.41. The number of ketones is 1. The van der Waals surface area contributed by atoms with Crippen molar-refractivity contribution in [2.24, 2.45) is 5.10 Å². The zero-order valence-corrected chi connectivity index (χ0v) is 16.4. The topological polar surface area (TPSA) is 107 Å². The van der Waals surface area contributed by atoms with Gasteiger partial charge in [-0.25, -0.2) is 5.43 Å². The highest BCUT2D eigenvalue weighted by molar-refractivity contribution is 6.39. The van der Waals surface area contributed by atoms with Gasteiger partial charge >= 0.3 is 0 Å². The van der Waals surface area contributed by atoms with E-state index in [1.165, 1.54) is 14.2 Å². The van der Waals surface area contributed by atoms with Crippen molar-refractivity contribution in [1.29, 1.82) is 0 Å². The van der Waals surface area contributed by atoms with Gasteiger partial charge in [0.05, 0.1) is 26.2 Å². The van der Waals surface area contributed by atoms with Crippen LogP contribution in [0, 0.1) is 0 Å². The normalized spacial score (nSPS) is 20.3. The highest BCUT2D eigenvalue weighted by atomic mass is 16.5. The van der Waals surface area contributed by atoms with Gasteiger partial charge in [0.25, 0.3) is 5.91 Å². The fourth-order valence-electron chi connectivity index (χ4n) is 4.07. The fourth-order valence-corrected chi connectivity index (χ4v) is 4.07. The molecule has 4 rings (SSSR count). The molecule has 0 radical (unpaired) electrons. The van der Waals surface area contributed by atoms with Crippen LogP contribution in [0.5, 0.6) is 17.2 Å². The molecular weight excluding hydrogens is 378 g/mol. The number of rotatable bonds is 3. The molecule has 0 unspecified atom stereocenters. The highest BCUT2D eigenvalue weighted by Crippen LogP contribution is 2.47. The average molecular weight is 401 g/mol. The average Bonchev–Trinajstić information content (AvgIpc) is 2.73. The smallest absolute Gasteiger partial charge is 0.270 e. The number of likely N-dealkylation sites (tertiary alicyclic amines) is 1. The van der Waals surface area contributed by atoms with Crippen LogP contribution in [-0.4, -0.2) is 61.1 Å². The van der Waals surface area contributed by atoms with Crippen molar-refractivity contribution in [3.8, 4) is 17.2 Å². The molecular formula is C20H23N3O6. The number of ether oxygens (including phenoxy) is 3. The van der Waals surface area contributed by atoms with Crippen LogP contribution in [0.1, 0.15) is 42.5 Å². The van der Waals surface area contributed by atoms with Crippen LogP contribution in [-0.2, 0) is 9.59 Å². The number of amides is 2. The standard InChI is InChI=1S/C20H23N3O6/c1-27-15-5-3-12-14(24)11-20(29-17(12)18(15)28-2)7-9-23(10-8-20)19(26)13-4-6-16(25)22-21-13/h3,5H,4,6-11H2,1-2H3,(H,22,25). The summed E-state index contributed by atoms with van der Waals surface area (Å²) < 4.78 is 17.1. The minimum atomic E-state index is -0.677. The molecule has 9 nitrogen and oxygen atoms in total. The van der Waals surface area contributed by atoms with Crippen LogP contribution in [0.25, 0.3) is 0 Å². The first kappa shape index (κ1) is 19.2. The van der Waals surface area contributed by atoms with Crippen molar-refractivity contribution >= 4 is 23.3 Å². The minimum absolute atomic E-state index is 0.00801. The van der Waals surface area contributed by atoms with Gasteiger partial charge in [-0.2, -0.15) is 5.10 Å². The van der Waals surface area contributed by atoms with Crippen molar-refractivity contribution in [3.63, 3.8) is 0 Å². The van der Waals surface area contributed by atoms with Crippen LogP contribution in [0.15, 0.2) is 17.2 Å². The predicted molar refractivity (Wildman–Crippen MR) is 102 cm³/mol. The predicted octanol–water partition coefficient (Wildman–Crippen LogP) is 1.30. The van der Waals surface area contributed by atoms with Gasteiger partial charge in [0, 0.05) is 38.8 Å². The second kappa shape index (κ2) is 7.38. The van der Waals surface area contributed by atoms with Crippen LogP contribution in [0.2, 0.25) is 0 Å². The zero-order valence-electron chi connectivity index (χ0n) is 16.4. The first-order chi connectivity index (χ1) is 14.0. The molecule has 0 aliphatic carbocycles. The second-order valence-corrected chi connectivity index (χ2v) is 7.45. The number of hydrogen-bond donors (Lipinski definition) is 1. The van der Waals surface area contributed by atoms with Crippen LogP contribution in [0.3, 0.4) is 0 Å². The van der Waals surface area contributed by atoms with E-state index in [9.17, 15) is 14.4 Å². The maximum absolute atomic E-state index is 12.8. The van der Waals surface area contributed by atoms with Gasteiger partial charge in [0.15, 0.2) is 17.3 Å². The number of carbonyl (C=O) groups is 3. The first-order valence-corrected chi connectivity index (χ1v) is 9.58. The highest BCUT2D eigenvalue weighted by Gasteiger charge is 2.45. The molecule has 1 saturated heterocycles. The molecule has 9 heteroatoms. The Kier molecular flexibility index (Phi) is 4.89. The Hall–Kier alpha value is -3.10. The summed E-state index contributed by atoms with van der Waals surface area (Å²) in [5.41, 5.74) is 2.52. The Balaban J connectivity index is 1.51. The van der Waals surface area contributed by atoms with Gasteiger partial charge in [-0.3, -0.25) is 14.4 Å². The lowest BCUT2D eigenvalue weighted by Crippen LogP contribution is -2.53. The summed E-state index contributed by atoms with van der Waals surface area (Å²) in [6.45, 7) is 0.890. The number of fused-ring (bicyclic) bond motifs is 1. The van der Waals surface area contributed by atoms with E-state index in [1.807, 2.05) is 0 Å². The van der Waals surface area contributed by atoms with Crippen molar-refractivity contribution in [3.05, 3.63) is 17.7 Å². The third-order valence-electron chi connectivity index (χ3n) is 5.71. The molecule has 0 aromatic heterocycles. The van der Waals surface area contributed by atoms with Gasteiger partial charge in [0.2, 0.25) is 11.7 Å². The van der Waals surface area contributed by atoms with Gasteiger partial charge in [-0.15, -0.1) is 0 Å². The van der Waals surface area contributed by atoms with Gasteiger partial charge in [0.1, 0.15) is 11.3 Å². The van der Waals surface area contributed by atoms with Crippen LogP contribution < -0.4 is 19.6 Å². The number of methoxy groups -OCH3 is 2. The quantitative estimate of drug-likeness (QED) is 0.818. The maximum Gasteiger partial charge on any atom is 0.270 e. The summed E-state index contributed by atoms with van der Waals surface area (Å²) in [6, 6.07) is 3.39. The number of nitrogens with one attached hydrogen (secondary N) is 1. The molecule has 29 heavy (non-hydrogen) atoms. The SMILES string of the molecule is COc1ccc2c(c1OC)OC1(CCN(C(=O)C3=NNC(=O)CC3)CC1)CC2=O. The molecule has 3 heterocycles. The Morgan fingerprint density at radius 1 is 1.17 bits per heavy atom. The largest absolute Gasteiger partial charge is 0.493 e. The number of hydrazone groups is 1. The number of hydrogen-bond acceptors (Lipinski definition) is 7. The Labute approximate surface area is 168 Å². The van der Waals surface area contributed by atoms with E-state index in [2.05, 4.69) is 10.5 Å². The number of piperidine rings is 1. The molecule has 1 fully saturated rings. The lowest BCUT2D eigenvalue weighted by Gasteiger charge is -2.44.